The largest absolute Gasteiger partial charge is 0.477 e. The number of rotatable bonds is 13. The molecule has 36 heavy (non-hydrogen) atoms. The second kappa shape index (κ2) is 23.9. The van der Waals surface area contributed by atoms with Crippen LogP contribution in [0.15, 0.2) is 48.8 Å². The zero-order valence-corrected chi connectivity index (χ0v) is 22.4. The van der Waals surface area contributed by atoms with Gasteiger partial charge in [0.2, 0.25) is 0 Å². The number of carbonyl (C=O) groups excluding carboxylic acids is 1. The van der Waals surface area contributed by atoms with Crippen molar-refractivity contribution in [1.82, 2.24) is 9.97 Å². The first-order chi connectivity index (χ1) is 16.9. The number of carboxylic acid groups (broad SMARTS) is 1. The molecule has 4 N–H and O–H groups in total. The summed E-state index contributed by atoms with van der Waals surface area (Å²) in [5, 5.41) is 17.1. The fourth-order valence-corrected chi connectivity index (χ4v) is 3.06. The van der Waals surface area contributed by atoms with Gasteiger partial charge in [0.25, 0.3) is 0 Å². The van der Waals surface area contributed by atoms with Crippen molar-refractivity contribution in [3.63, 3.8) is 0 Å². The SMILES string of the molecule is CCCCC(CC)CO.CCCCC(CC)COC(=O)c1ccccn1.O.O=C(O)c1ccccn1. The number of aromatic carboxylic acids is 1. The molecule has 0 saturated heterocycles. The molecule has 2 aromatic heterocycles. The number of aliphatic hydroxyl groups is 1. The fourth-order valence-electron chi connectivity index (χ4n) is 3.06. The van der Waals surface area contributed by atoms with Gasteiger partial charge in [-0.25, -0.2) is 19.6 Å². The summed E-state index contributed by atoms with van der Waals surface area (Å²) < 4.78 is 5.28. The van der Waals surface area contributed by atoms with Crippen molar-refractivity contribution in [3.05, 3.63) is 60.2 Å². The van der Waals surface area contributed by atoms with E-state index in [9.17, 15) is 9.59 Å². The average Bonchev–Trinajstić information content (AvgIpc) is 2.91. The molecule has 0 bridgehead atoms. The quantitative estimate of drug-likeness (QED) is 0.336. The van der Waals surface area contributed by atoms with E-state index in [0.717, 1.165) is 19.3 Å². The standard InChI is InChI=1S/C14H21NO2.C8H18O.C6H5NO2.H2O/c1-3-5-8-12(4-2)11-17-14(16)13-9-6-7-10-15-13;1-3-5-6-8(4-2)7-9;8-6(9)5-3-1-2-4-7-5;/h6-7,9-10,12H,3-5,8,11H2,1-2H3;8-9H,3-7H2,1-2H3;1-4H,(H,8,9);1H2. The van der Waals surface area contributed by atoms with E-state index < -0.39 is 5.97 Å². The zero-order valence-electron chi connectivity index (χ0n) is 22.4. The molecule has 2 heterocycles. The molecule has 0 aliphatic rings. The highest BCUT2D eigenvalue weighted by Gasteiger charge is 2.12. The first-order valence-electron chi connectivity index (χ1n) is 12.8. The van der Waals surface area contributed by atoms with Gasteiger partial charge in [-0.2, -0.15) is 0 Å². The number of pyridine rings is 2. The Kier molecular flexibility index (Phi) is 23.4. The van der Waals surface area contributed by atoms with Crippen molar-refractivity contribution >= 4 is 11.9 Å². The van der Waals surface area contributed by atoms with Gasteiger partial charge >= 0.3 is 11.9 Å². The maximum Gasteiger partial charge on any atom is 0.356 e. The number of unbranched alkanes of at least 4 members (excludes halogenated alkanes) is 2. The van der Waals surface area contributed by atoms with Crippen LogP contribution in [0.1, 0.15) is 100 Å². The van der Waals surface area contributed by atoms with Gasteiger partial charge in [-0.05, 0) is 48.9 Å². The van der Waals surface area contributed by atoms with Crippen molar-refractivity contribution in [3.8, 4) is 0 Å². The molecule has 2 rings (SSSR count). The van der Waals surface area contributed by atoms with Crippen molar-refractivity contribution in [2.75, 3.05) is 13.2 Å². The highest BCUT2D eigenvalue weighted by atomic mass is 16.5. The van der Waals surface area contributed by atoms with Crippen molar-refractivity contribution in [2.24, 2.45) is 11.8 Å². The Morgan fingerprint density at radius 2 is 1.33 bits per heavy atom. The van der Waals surface area contributed by atoms with Crippen LogP contribution in [0.25, 0.3) is 0 Å². The predicted molar refractivity (Wildman–Crippen MR) is 143 cm³/mol. The molecule has 0 aromatic carbocycles. The van der Waals surface area contributed by atoms with Gasteiger partial charge in [0.15, 0.2) is 0 Å². The summed E-state index contributed by atoms with van der Waals surface area (Å²) >= 11 is 0. The van der Waals surface area contributed by atoms with Gasteiger partial charge < -0.3 is 20.4 Å². The van der Waals surface area contributed by atoms with Gasteiger partial charge in [-0.15, -0.1) is 0 Å². The van der Waals surface area contributed by atoms with Crippen LogP contribution in [0, 0.1) is 11.8 Å². The van der Waals surface area contributed by atoms with E-state index in [1.807, 2.05) is 0 Å². The molecule has 0 spiro atoms. The third-order valence-corrected chi connectivity index (χ3v) is 5.55. The Labute approximate surface area is 216 Å². The van der Waals surface area contributed by atoms with E-state index in [2.05, 4.69) is 37.7 Å². The minimum Gasteiger partial charge on any atom is -0.477 e. The van der Waals surface area contributed by atoms with Gasteiger partial charge in [-0.1, -0.05) is 78.4 Å². The molecule has 2 unspecified atom stereocenters. The molecular weight excluding hydrogens is 460 g/mol. The molecule has 204 valence electrons. The van der Waals surface area contributed by atoms with Crippen molar-refractivity contribution in [1.29, 1.82) is 0 Å². The summed E-state index contributed by atoms with van der Waals surface area (Å²) in [5.41, 5.74) is 0.468. The Morgan fingerprint density at radius 3 is 1.69 bits per heavy atom. The second-order valence-electron chi connectivity index (χ2n) is 8.35. The number of nitrogens with zero attached hydrogens (tertiary/aromatic N) is 2. The Bertz CT molecular complexity index is 770. The number of aromatic nitrogens is 2. The minimum atomic E-state index is -0.990. The van der Waals surface area contributed by atoms with Crippen LogP contribution in [-0.2, 0) is 4.74 Å². The molecule has 0 saturated carbocycles. The maximum atomic E-state index is 11.7. The summed E-state index contributed by atoms with van der Waals surface area (Å²) in [6.07, 6.45) is 12.4. The van der Waals surface area contributed by atoms with E-state index in [1.54, 1.807) is 36.5 Å². The molecule has 0 fully saturated rings. The van der Waals surface area contributed by atoms with Gasteiger partial charge in [-0.3, -0.25) is 0 Å². The Morgan fingerprint density at radius 1 is 0.833 bits per heavy atom. The molecule has 0 radical (unpaired) electrons. The van der Waals surface area contributed by atoms with Crippen LogP contribution in [0.4, 0.5) is 0 Å². The lowest BCUT2D eigenvalue weighted by Gasteiger charge is -2.14. The molecule has 2 atom stereocenters. The Hall–Kier alpha value is -2.84. The normalized spacial score (nSPS) is 11.4. The monoisotopic (exact) mass is 506 g/mol. The summed E-state index contributed by atoms with van der Waals surface area (Å²) in [5.74, 6) is -0.274. The van der Waals surface area contributed by atoms with E-state index in [0.29, 0.717) is 30.7 Å². The van der Waals surface area contributed by atoms with Crippen molar-refractivity contribution < 1.29 is 30.0 Å². The Balaban J connectivity index is 0. The number of esters is 1. The molecule has 8 heteroatoms. The predicted octanol–water partition coefficient (Wildman–Crippen LogP) is 5.61. The maximum absolute atomic E-state index is 11.7. The van der Waals surface area contributed by atoms with Crippen LogP contribution >= 0.6 is 0 Å². The number of aliphatic hydroxyl groups excluding tert-OH is 1. The number of hydrogen-bond donors (Lipinski definition) is 2. The molecule has 2 aromatic rings. The summed E-state index contributed by atoms with van der Waals surface area (Å²) in [6, 6.07) is 10.0. The number of hydrogen-bond acceptors (Lipinski definition) is 6. The first-order valence-corrected chi connectivity index (χ1v) is 12.8. The van der Waals surface area contributed by atoms with Crippen LogP contribution in [0.5, 0.6) is 0 Å². The van der Waals surface area contributed by atoms with Gasteiger partial charge in [0, 0.05) is 19.0 Å². The first kappa shape index (κ1) is 35.3. The van der Waals surface area contributed by atoms with Gasteiger partial charge in [0.05, 0.1) is 6.61 Å². The molecule has 0 aliphatic carbocycles. The summed E-state index contributed by atoms with van der Waals surface area (Å²) in [7, 11) is 0. The molecule has 8 nitrogen and oxygen atoms in total. The fraction of sp³-hybridized carbons (Fsp3) is 0.571. The third kappa shape index (κ3) is 17.6. The molecular formula is C28H46N2O6. The third-order valence-electron chi connectivity index (χ3n) is 5.55. The second-order valence-corrected chi connectivity index (χ2v) is 8.35. The smallest absolute Gasteiger partial charge is 0.356 e. The van der Waals surface area contributed by atoms with Crippen LogP contribution < -0.4 is 0 Å². The minimum absolute atomic E-state index is 0. The van der Waals surface area contributed by atoms with Crippen molar-refractivity contribution in [2.45, 2.75) is 79.1 Å². The highest BCUT2D eigenvalue weighted by Crippen LogP contribution is 2.13. The summed E-state index contributed by atoms with van der Waals surface area (Å²) in [6.45, 7) is 9.50. The van der Waals surface area contributed by atoms with E-state index in [1.165, 1.54) is 44.4 Å². The number of ether oxygens (including phenoxy) is 1. The van der Waals surface area contributed by atoms with Crippen LogP contribution in [-0.4, -0.2) is 50.8 Å². The molecule has 0 amide bonds. The van der Waals surface area contributed by atoms with Crippen LogP contribution in [0.3, 0.4) is 0 Å². The molecule has 0 aliphatic heterocycles. The number of carbonyl (C=O) groups is 2. The lowest BCUT2D eigenvalue weighted by atomic mass is 10.0. The summed E-state index contributed by atoms with van der Waals surface area (Å²) in [4.78, 5) is 29.3. The van der Waals surface area contributed by atoms with Crippen LogP contribution in [0.2, 0.25) is 0 Å². The lowest BCUT2D eigenvalue weighted by Crippen LogP contribution is -2.14. The topological polar surface area (TPSA) is 141 Å². The van der Waals surface area contributed by atoms with E-state index >= 15 is 0 Å². The highest BCUT2D eigenvalue weighted by molar-refractivity contribution is 5.87. The van der Waals surface area contributed by atoms with Gasteiger partial charge in [0.1, 0.15) is 11.4 Å². The average molecular weight is 507 g/mol. The van der Waals surface area contributed by atoms with E-state index in [-0.39, 0.29) is 17.1 Å². The van der Waals surface area contributed by atoms with E-state index in [4.69, 9.17) is 14.9 Å². The zero-order chi connectivity index (χ0) is 26.3. The lowest BCUT2D eigenvalue weighted by molar-refractivity contribution is 0.0421. The number of carboxylic acids is 1.